The van der Waals surface area contributed by atoms with Crippen LogP contribution >= 0.6 is 23.2 Å². The van der Waals surface area contributed by atoms with E-state index in [1.165, 1.54) is 12.1 Å². The summed E-state index contributed by atoms with van der Waals surface area (Å²) in [5.74, 6) is -0.719. The maximum atomic E-state index is 13.3. The fourth-order valence-electron chi connectivity index (χ4n) is 1.59. The number of hydrogen-bond acceptors (Lipinski definition) is 2. The highest BCUT2D eigenvalue weighted by Gasteiger charge is 2.18. The molecule has 0 aromatic heterocycles. The van der Waals surface area contributed by atoms with Gasteiger partial charge in [-0.2, -0.15) is 0 Å². The first-order valence-corrected chi connectivity index (χ1v) is 6.35. The summed E-state index contributed by atoms with van der Waals surface area (Å²) in [6.45, 7) is 2.15. The Balaban J connectivity index is 2.81. The fourth-order valence-corrected chi connectivity index (χ4v) is 2.29. The topological polar surface area (TPSA) is 55.1 Å². The summed E-state index contributed by atoms with van der Waals surface area (Å²) in [6.07, 6.45) is 0.925. The Morgan fingerprint density at radius 1 is 1.50 bits per heavy atom. The summed E-state index contributed by atoms with van der Waals surface area (Å²) >= 11 is 11.8. The van der Waals surface area contributed by atoms with E-state index < -0.39 is 11.9 Å². The number of nitrogens with two attached hydrogens (primary N) is 1. The van der Waals surface area contributed by atoms with Gasteiger partial charge in [0.15, 0.2) is 0 Å². The first-order valence-electron chi connectivity index (χ1n) is 5.60. The first-order chi connectivity index (χ1) is 8.47. The predicted octanol–water partition coefficient (Wildman–Crippen LogP) is 3.05. The van der Waals surface area contributed by atoms with Crippen LogP contribution in [0, 0.1) is 5.82 Å². The minimum atomic E-state index is -0.556. The maximum absolute atomic E-state index is 13.3. The van der Waals surface area contributed by atoms with Crippen molar-refractivity contribution in [3.8, 4) is 0 Å². The number of carbonyl (C=O) groups is 1. The molecule has 3 N–H and O–H groups in total. The molecule has 3 nitrogen and oxygen atoms in total. The molecule has 0 fully saturated rings. The van der Waals surface area contributed by atoms with Crippen molar-refractivity contribution in [2.24, 2.45) is 5.73 Å². The van der Waals surface area contributed by atoms with Crippen LogP contribution in [0.3, 0.4) is 0 Å². The predicted molar refractivity (Wildman–Crippen MR) is 71.3 cm³/mol. The maximum Gasteiger partial charge on any atom is 0.220 e. The van der Waals surface area contributed by atoms with Gasteiger partial charge in [0.25, 0.3) is 0 Å². The molecule has 0 spiro atoms. The molecule has 0 radical (unpaired) electrons. The van der Waals surface area contributed by atoms with E-state index in [1.54, 1.807) is 6.92 Å². The number of rotatable bonds is 5. The summed E-state index contributed by atoms with van der Waals surface area (Å²) in [5.41, 5.74) is 5.70. The lowest BCUT2D eigenvalue weighted by Crippen LogP contribution is -2.27. The standard InChI is InChI=1S/C12H15Cl2FN2O/c1-7(17-10(18)3-2-6-16)11-8(13)4-5-9(15)12(11)14/h4-5,7H,2-3,6,16H2,1H3,(H,17,18). The summed E-state index contributed by atoms with van der Waals surface area (Å²) in [7, 11) is 0. The molecule has 0 saturated heterocycles. The second-order valence-corrected chi connectivity index (χ2v) is 4.72. The van der Waals surface area contributed by atoms with E-state index >= 15 is 0 Å². The molecule has 0 aliphatic rings. The molecule has 0 heterocycles. The zero-order valence-electron chi connectivity index (χ0n) is 9.97. The average Bonchev–Trinajstić information content (AvgIpc) is 2.31. The van der Waals surface area contributed by atoms with Crippen LogP contribution in [0.2, 0.25) is 10.0 Å². The summed E-state index contributed by atoms with van der Waals surface area (Å²) in [4.78, 5) is 11.5. The van der Waals surface area contributed by atoms with Crippen molar-refractivity contribution in [1.29, 1.82) is 0 Å². The van der Waals surface area contributed by atoms with Crippen molar-refractivity contribution < 1.29 is 9.18 Å². The number of amides is 1. The number of benzene rings is 1. The fraction of sp³-hybridized carbons (Fsp3) is 0.417. The zero-order valence-corrected chi connectivity index (χ0v) is 11.5. The van der Waals surface area contributed by atoms with E-state index in [0.717, 1.165) is 0 Å². The Bertz CT molecular complexity index is 440. The Morgan fingerprint density at radius 2 is 2.17 bits per heavy atom. The number of halogens is 3. The van der Waals surface area contributed by atoms with Gasteiger partial charge in [-0.25, -0.2) is 4.39 Å². The van der Waals surface area contributed by atoms with E-state index in [1.807, 2.05) is 0 Å². The SMILES string of the molecule is CC(NC(=O)CCCN)c1c(Cl)ccc(F)c1Cl. The van der Waals surface area contributed by atoms with Crippen LogP contribution in [0.4, 0.5) is 4.39 Å². The lowest BCUT2D eigenvalue weighted by molar-refractivity contribution is -0.121. The Kier molecular flexibility index (Phi) is 5.85. The molecule has 0 bridgehead atoms. The van der Waals surface area contributed by atoms with Crippen molar-refractivity contribution in [2.75, 3.05) is 6.54 Å². The highest BCUT2D eigenvalue weighted by atomic mass is 35.5. The highest BCUT2D eigenvalue weighted by Crippen LogP contribution is 2.32. The normalized spacial score (nSPS) is 12.3. The van der Waals surface area contributed by atoms with Crippen LogP contribution in [-0.4, -0.2) is 12.5 Å². The van der Waals surface area contributed by atoms with Crippen molar-refractivity contribution in [3.63, 3.8) is 0 Å². The molecular formula is C12H15Cl2FN2O. The van der Waals surface area contributed by atoms with Gasteiger partial charge in [0.1, 0.15) is 5.82 Å². The van der Waals surface area contributed by atoms with Crippen molar-refractivity contribution >= 4 is 29.1 Å². The van der Waals surface area contributed by atoms with Gasteiger partial charge in [-0.05, 0) is 32.0 Å². The number of carbonyl (C=O) groups excluding carboxylic acids is 1. The molecule has 1 rings (SSSR count). The largest absolute Gasteiger partial charge is 0.349 e. The van der Waals surface area contributed by atoms with E-state index in [4.69, 9.17) is 28.9 Å². The van der Waals surface area contributed by atoms with Crippen LogP contribution in [0.5, 0.6) is 0 Å². The number of hydrogen-bond donors (Lipinski definition) is 2. The molecule has 0 aliphatic heterocycles. The lowest BCUT2D eigenvalue weighted by atomic mass is 10.1. The minimum Gasteiger partial charge on any atom is -0.349 e. The molecular weight excluding hydrogens is 278 g/mol. The first kappa shape index (κ1) is 15.2. The van der Waals surface area contributed by atoms with Crippen LogP contribution in [0.25, 0.3) is 0 Å². The van der Waals surface area contributed by atoms with Gasteiger partial charge in [0.05, 0.1) is 11.1 Å². The second-order valence-electron chi connectivity index (χ2n) is 3.94. The van der Waals surface area contributed by atoms with Crippen LogP contribution < -0.4 is 11.1 Å². The van der Waals surface area contributed by atoms with Crippen molar-refractivity contribution in [3.05, 3.63) is 33.6 Å². The third-order valence-electron chi connectivity index (χ3n) is 2.50. The van der Waals surface area contributed by atoms with Gasteiger partial charge in [-0.3, -0.25) is 4.79 Å². The van der Waals surface area contributed by atoms with E-state index in [2.05, 4.69) is 5.32 Å². The third kappa shape index (κ3) is 3.83. The van der Waals surface area contributed by atoms with Gasteiger partial charge in [-0.15, -0.1) is 0 Å². The molecule has 18 heavy (non-hydrogen) atoms. The monoisotopic (exact) mass is 292 g/mol. The Morgan fingerprint density at radius 3 is 2.78 bits per heavy atom. The van der Waals surface area contributed by atoms with Gasteiger partial charge in [-0.1, -0.05) is 23.2 Å². The lowest BCUT2D eigenvalue weighted by Gasteiger charge is -2.17. The van der Waals surface area contributed by atoms with Crippen LogP contribution in [-0.2, 0) is 4.79 Å². The molecule has 0 saturated carbocycles. The molecule has 1 amide bonds. The Hall–Kier alpha value is -0.840. The van der Waals surface area contributed by atoms with Crippen molar-refractivity contribution in [1.82, 2.24) is 5.32 Å². The van der Waals surface area contributed by atoms with Gasteiger partial charge >= 0.3 is 0 Å². The van der Waals surface area contributed by atoms with Gasteiger partial charge in [0.2, 0.25) is 5.91 Å². The zero-order chi connectivity index (χ0) is 13.7. The molecule has 100 valence electrons. The number of nitrogens with one attached hydrogen (secondary N) is 1. The Labute approximate surface area is 115 Å². The van der Waals surface area contributed by atoms with Crippen LogP contribution in [0.15, 0.2) is 12.1 Å². The average molecular weight is 293 g/mol. The van der Waals surface area contributed by atoms with Gasteiger partial charge < -0.3 is 11.1 Å². The summed E-state index contributed by atoms with van der Waals surface area (Å²) in [6, 6.07) is 2.16. The molecule has 6 heteroatoms. The molecule has 1 atom stereocenters. The summed E-state index contributed by atoms with van der Waals surface area (Å²) in [5, 5.41) is 2.98. The quantitative estimate of drug-likeness (QED) is 0.820. The van der Waals surface area contributed by atoms with E-state index in [0.29, 0.717) is 30.0 Å². The molecule has 1 aromatic rings. The highest BCUT2D eigenvalue weighted by molar-refractivity contribution is 6.36. The van der Waals surface area contributed by atoms with Gasteiger partial charge in [0, 0.05) is 17.0 Å². The summed E-state index contributed by atoms with van der Waals surface area (Å²) < 4.78 is 13.3. The van der Waals surface area contributed by atoms with Crippen molar-refractivity contribution in [2.45, 2.75) is 25.8 Å². The molecule has 1 aromatic carbocycles. The smallest absolute Gasteiger partial charge is 0.220 e. The second kappa shape index (κ2) is 6.92. The minimum absolute atomic E-state index is 0.0610. The van der Waals surface area contributed by atoms with E-state index in [-0.39, 0.29) is 10.9 Å². The molecule has 0 aliphatic carbocycles. The van der Waals surface area contributed by atoms with Crippen LogP contribution in [0.1, 0.15) is 31.4 Å². The molecule has 1 unspecified atom stereocenters. The van der Waals surface area contributed by atoms with E-state index in [9.17, 15) is 9.18 Å². The third-order valence-corrected chi connectivity index (χ3v) is 3.21.